The number of nitro groups is 1. The summed E-state index contributed by atoms with van der Waals surface area (Å²) < 4.78 is 0. The summed E-state index contributed by atoms with van der Waals surface area (Å²) in [6.45, 7) is 5.08. The first-order chi connectivity index (χ1) is 8.65. The van der Waals surface area contributed by atoms with Crippen LogP contribution in [0, 0.1) is 10.1 Å². The fourth-order valence-electron chi connectivity index (χ4n) is 1.41. The van der Waals surface area contributed by atoms with E-state index in [2.05, 4.69) is 13.8 Å². The summed E-state index contributed by atoms with van der Waals surface area (Å²) in [5, 5.41) is 10.4. The van der Waals surface area contributed by atoms with Gasteiger partial charge in [0.2, 0.25) is 0 Å². The van der Waals surface area contributed by atoms with Crippen molar-refractivity contribution in [3.05, 3.63) is 39.9 Å². The van der Waals surface area contributed by atoms with Crippen LogP contribution in [-0.4, -0.2) is 11.5 Å². The molecule has 0 aliphatic heterocycles. The van der Waals surface area contributed by atoms with E-state index in [4.69, 9.17) is 5.73 Å². The molecule has 0 saturated carbocycles. The van der Waals surface area contributed by atoms with Gasteiger partial charge in [-0.15, -0.1) is 0 Å². The van der Waals surface area contributed by atoms with E-state index in [9.17, 15) is 10.1 Å². The summed E-state index contributed by atoms with van der Waals surface area (Å²) in [5.74, 6) is 0. The van der Waals surface area contributed by atoms with Gasteiger partial charge in [0.1, 0.15) is 0 Å². The van der Waals surface area contributed by atoms with E-state index in [0.717, 1.165) is 31.4 Å². The molecule has 4 nitrogen and oxygen atoms in total. The smallest absolute Gasteiger partial charge is 0.269 e. The van der Waals surface area contributed by atoms with Crippen molar-refractivity contribution in [1.82, 2.24) is 0 Å². The molecule has 4 heteroatoms. The molecule has 0 bridgehead atoms. The van der Waals surface area contributed by atoms with Crippen molar-refractivity contribution >= 4 is 5.69 Å². The van der Waals surface area contributed by atoms with Crippen molar-refractivity contribution in [3.63, 3.8) is 0 Å². The molecule has 0 unspecified atom stereocenters. The van der Waals surface area contributed by atoms with Gasteiger partial charge in [0.15, 0.2) is 0 Å². The molecule has 0 aromatic heterocycles. The van der Waals surface area contributed by atoms with E-state index in [0.29, 0.717) is 0 Å². The third-order valence-corrected chi connectivity index (χ3v) is 2.50. The number of hydrogen-bond donors (Lipinski definition) is 1. The quantitative estimate of drug-likeness (QED) is 0.620. The van der Waals surface area contributed by atoms with Crippen molar-refractivity contribution in [2.75, 3.05) is 6.54 Å². The maximum Gasteiger partial charge on any atom is 0.269 e. The Morgan fingerprint density at radius 1 is 1.22 bits per heavy atom. The lowest BCUT2D eigenvalue weighted by Crippen LogP contribution is -1.95. The number of aryl methyl sites for hydroxylation is 1. The number of hydrogen-bond acceptors (Lipinski definition) is 3. The van der Waals surface area contributed by atoms with Crippen LogP contribution in [0.4, 0.5) is 5.69 Å². The van der Waals surface area contributed by atoms with Gasteiger partial charge in [0.05, 0.1) is 4.92 Å². The first-order valence-electron chi connectivity index (χ1n) is 6.59. The molecule has 1 rings (SSSR count). The second-order valence-corrected chi connectivity index (χ2v) is 4.17. The van der Waals surface area contributed by atoms with E-state index in [1.54, 1.807) is 12.1 Å². The molecule has 0 spiro atoms. The van der Waals surface area contributed by atoms with Gasteiger partial charge in [0, 0.05) is 12.1 Å². The predicted octanol–water partition coefficient (Wildman–Crippen LogP) is 3.68. The standard InChI is InChI=1S/C10H13NO2.C4H11N/c1-2-3-5-9-6-4-7-10(8-9)11(12)13;1-2-3-4-5/h4,6-8H,2-3,5H2,1H3;2-5H2,1H3. The van der Waals surface area contributed by atoms with Gasteiger partial charge >= 0.3 is 0 Å². The third-order valence-electron chi connectivity index (χ3n) is 2.50. The second-order valence-electron chi connectivity index (χ2n) is 4.17. The van der Waals surface area contributed by atoms with Crippen molar-refractivity contribution in [2.45, 2.75) is 46.0 Å². The molecular formula is C14H24N2O2. The number of non-ortho nitro benzene ring substituents is 1. The van der Waals surface area contributed by atoms with Crippen LogP contribution in [0.15, 0.2) is 24.3 Å². The van der Waals surface area contributed by atoms with Gasteiger partial charge in [0.25, 0.3) is 5.69 Å². The van der Waals surface area contributed by atoms with E-state index in [1.165, 1.54) is 18.9 Å². The molecule has 102 valence electrons. The molecule has 18 heavy (non-hydrogen) atoms. The lowest BCUT2D eigenvalue weighted by molar-refractivity contribution is -0.384. The van der Waals surface area contributed by atoms with Crippen LogP contribution in [-0.2, 0) is 6.42 Å². The number of rotatable bonds is 6. The zero-order valence-electron chi connectivity index (χ0n) is 11.4. The first-order valence-corrected chi connectivity index (χ1v) is 6.59. The summed E-state index contributed by atoms with van der Waals surface area (Å²) in [5.41, 5.74) is 6.38. The summed E-state index contributed by atoms with van der Waals surface area (Å²) in [6.07, 6.45) is 5.51. The molecule has 2 N–H and O–H groups in total. The van der Waals surface area contributed by atoms with Crippen molar-refractivity contribution in [3.8, 4) is 0 Å². The largest absolute Gasteiger partial charge is 0.330 e. The van der Waals surface area contributed by atoms with Crippen LogP contribution in [0.2, 0.25) is 0 Å². The number of nitrogens with zero attached hydrogens (tertiary/aromatic N) is 1. The van der Waals surface area contributed by atoms with Crippen LogP contribution in [0.3, 0.4) is 0 Å². The van der Waals surface area contributed by atoms with E-state index in [-0.39, 0.29) is 10.6 Å². The second kappa shape index (κ2) is 10.7. The number of benzene rings is 1. The minimum atomic E-state index is -0.352. The molecule has 0 aliphatic rings. The minimum Gasteiger partial charge on any atom is -0.330 e. The Labute approximate surface area is 109 Å². The average Bonchev–Trinajstić information content (AvgIpc) is 2.38. The highest BCUT2D eigenvalue weighted by molar-refractivity contribution is 5.34. The van der Waals surface area contributed by atoms with E-state index < -0.39 is 0 Å². The fraction of sp³-hybridized carbons (Fsp3) is 0.571. The maximum atomic E-state index is 10.4. The van der Waals surface area contributed by atoms with Crippen molar-refractivity contribution in [1.29, 1.82) is 0 Å². The average molecular weight is 252 g/mol. The van der Waals surface area contributed by atoms with E-state index >= 15 is 0 Å². The normalized spacial score (nSPS) is 9.50. The summed E-state index contributed by atoms with van der Waals surface area (Å²) >= 11 is 0. The van der Waals surface area contributed by atoms with Gasteiger partial charge in [-0.2, -0.15) is 0 Å². The molecular weight excluding hydrogens is 228 g/mol. The number of unbranched alkanes of at least 4 members (excludes halogenated alkanes) is 2. The summed E-state index contributed by atoms with van der Waals surface area (Å²) in [6, 6.07) is 6.84. The summed E-state index contributed by atoms with van der Waals surface area (Å²) in [7, 11) is 0. The molecule has 1 aromatic carbocycles. The highest BCUT2D eigenvalue weighted by Gasteiger charge is 2.04. The number of nitrogens with two attached hydrogens (primary N) is 1. The van der Waals surface area contributed by atoms with Crippen LogP contribution in [0.1, 0.15) is 45.1 Å². The zero-order valence-corrected chi connectivity index (χ0v) is 11.4. The molecule has 0 amide bonds. The SMILES string of the molecule is CCCCN.CCCCc1cccc([N+](=O)[O-])c1. The van der Waals surface area contributed by atoms with Crippen LogP contribution >= 0.6 is 0 Å². The molecule has 0 radical (unpaired) electrons. The fourth-order valence-corrected chi connectivity index (χ4v) is 1.41. The lowest BCUT2D eigenvalue weighted by Gasteiger charge is -1.98. The molecule has 0 saturated heterocycles. The van der Waals surface area contributed by atoms with Gasteiger partial charge in [-0.25, -0.2) is 0 Å². The van der Waals surface area contributed by atoms with Gasteiger partial charge < -0.3 is 5.73 Å². The Bertz CT molecular complexity index is 338. The molecule has 0 aliphatic carbocycles. The molecule has 0 atom stereocenters. The topological polar surface area (TPSA) is 69.2 Å². The predicted molar refractivity (Wildman–Crippen MR) is 75.7 cm³/mol. The summed E-state index contributed by atoms with van der Waals surface area (Å²) in [4.78, 5) is 10.1. The first kappa shape index (κ1) is 16.6. The number of nitro benzene ring substituents is 1. The molecule has 0 fully saturated rings. The van der Waals surface area contributed by atoms with Crippen LogP contribution < -0.4 is 5.73 Å². The Balaban J connectivity index is 0.000000494. The monoisotopic (exact) mass is 252 g/mol. The molecule has 0 heterocycles. The Morgan fingerprint density at radius 2 is 1.89 bits per heavy atom. The van der Waals surface area contributed by atoms with Crippen LogP contribution in [0.25, 0.3) is 0 Å². The highest BCUT2D eigenvalue weighted by Crippen LogP contribution is 2.14. The Hall–Kier alpha value is -1.42. The van der Waals surface area contributed by atoms with Gasteiger partial charge in [-0.1, -0.05) is 38.8 Å². The third kappa shape index (κ3) is 7.79. The molecule has 1 aromatic rings. The van der Waals surface area contributed by atoms with Gasteiger partial charge in [-0.05, 0) is 31.4 Å². The van der Waals surface area contributed by atoms with Gasteiger partial charge in [-0.3, -0.25) is 10.1 Å². The minimum absolute atomic E-state index is 0.189. The Kier molecular flexibility index (Phi) is 9.87. The van der Waals surface area contributed by atoms with Crippen molar-refractivity contribution in [2.24, 2.45) is 5.73 Å². The Morgan fingerprint density at radius 3 is 2.33 bits per heavy atom. The lowest BCUT2D eigenvalue weighted by atomic mass is 10.1. The van der Waals surface area contributed by atoms with Crippen LogP contribution in [0.5, 0.6) is 0 Å². The zero-order chi connectivity index (χ0) is 13.8. The maximum absolute atomic E-state index is 10.4. The van der Waals surface area contributed by atoms with Crippen molar-refractivity contribution < 1.29 is 4.92 Å². The highest BCUT2D eigenvalue weighted by atomic mass is 16.6. The van der Waals surface area contributed by atoms with E-state index in [1.807, 2.05) is 6.07 Å².